The second-order valence-corrected chi connectivity index (χ2v) is 5.54. The van der Waals surface area contributed by atoms with Crippen molar-refractivity contribution in [2.75, 3.05) is 6.61 Å². The third kappa shape index (κ3) is 4.64. The van der Waals surface area contributed by atoms with E-state index in [1.165, 1.54) is 5.57 Å². The summed E-state index contributed by atoms with van der Waals surface area (Å²) < 4.78 is 0. The molecule has 17 heavy (non-hydrogen) atoms. The van der Waals surface area contributed by atoms with Gasteiger partial charge in [0.1, 0.15) is 0 Å². The van der Waals surface area contributed by atoms with Gasteiger partial charge in [0.15, 0.2) is 0 Å². The lowest BCUT2D eigenvalue weighted by molar-refractivity contribution is 0.223. The third-order valence-electron chi connectivity index (χ3n) is 3.01. The Morgan fingerprint density at radius 1 is 1.29 bits per heavy atom. The molecule has 0 spiro atoms. The minimum atomic E-state index is -0.533. The van der Waals surface area contributed by atoms with Crippen LogP contribution in [0.25, 0.3) is 0 Å². The van der Waals surface area contributed by atoms with Crippen molar-refractivity contribution < 1.29 is 10.2 Å². The van der Waals surface area contributed by atoms with Gasteiger partial charge in [-0.15, -0.1) is 0 Å². The fourth-order valence-corrected chi connectivity index (χ4v) is 2.21. The molecule has 0 heterocycles. The highest BCUT2D eigenvalue weighted by atomic mass is 16.3. The van der Waals surface area contributed by atoms with Crippen LogP contribution in [0.15, 0.2) is 22.8 Å². The van der Waals surface area contributed by atoms with Crippen molar-refractivity contribution in [3.63, 3.8) is 0 Å². The first-order valence-corrected chi connectivity index (χ1v) is 6.47. The first-order valence-electron chi connectivity index (χ1n) is 6.47. The summed E-state index contributed by atoms with van der Waals surface area (Å²) in [7, 11) is 0. The number of hydrogen-bond acceptors (Lipinski definition) is 2. The summed E-state index contributed by atoms with van der Waals surface area (Å²) in [6, 6.07) is 0. The first-order chi connectivity index (χ1) is 7.79. The largest absolute Gasteiger partial charge is 0.392 e. The quantitative estimate of drug-likeness (QED) is 0.723. The van der Waals surface area contributed by atoms with Crippen LogP contribution >= 0.6 is 0 Å². The van der Waals surface area contributed by atoms with Gasteiger partial charge in [-0.1, -0.05) is 45.8 Å². The van der Waals surface area contributed by atoms with Crippen molar-refractivity contribution in [2.45, 2.75) is 60.5 Å². The number of hydrogen-bond donors (Lipinski definition) is 2. The van der Waals surface area contributed by atoms with Crippen LogP contribution in [0.1, 0.15) is 54.4 Å². The number of aliphatic hydroxyl groups is 2. The third-order valence-corrected chi connectivity index (χ3v) is 3.01. The minimum Gasteiger partial charge on any atom is -0.392 e. The Morgan fingerprint density at radius 2 is 1.82 bits per heavy atom. The molecule has 2 heteroatoms. The van der Waals surface area contributed by atoms with E-state index in [0.29, 0.717) is 0 Å². The zero-order chi connectivity index (χ0) is 13.6. The normalized spacial score (nSPS) is 16.8. The number of aliphatic hydroxyl groups excluding tert-OH is 2. The summed E-state index contributed by atoms with van der Waals surface area (Å²) >= 11 is 0. The summed E-state index contributed by atoms with van der Waals surface area (Å²) in [4.78, 5) is 0. The van der Waals surface area contributed by atoms with Crippen molar-refractivity contribution in [1.82, 2.24) is 0 Å². The maximum absolute atomic E-state index is 10.00. The van der Waals surface area contributed by atoms with Gasteiger partial charge in [0, 0.05) is 0 Å². The second kappa shape index (κ2) is 6.97. The SMILES string of the molecule is CC=C(CO)C(=C(CCC)C(C)(C)C)C(C)O. The maximum atomic E-state index is 10.00. The molecule has 1 unspecified atom stereocenters. The smallest absolute Gasteiger partial charge is 0.0765 e. The Balaban J connectivity index is 5.76. The first kappa shape index (κ1) is 16.4. The molecule has 100 valence electrons. The van der Waals surface area contributed by atoms with Crippen molar-refractivity contribution >= 4 is 0 Å². The Morgan fingerprint density at radius 3 is 2.06 bits per heavy atom. The molecule has 0 fully saturated rings. The van der Waals surface area contributed by atoms with Crippen molar-refractivity contribution in [2.24, 2.45) is 5.41 Å². The summed E-state index contributed by atoms with van der Waals surface area (Å²) in [6.45, 7) is 12.3. The predicted molar refractivity (Wildman–Crippen MR) is 73.9 cm³/mol. The minimum absolute atomic E-state index is 0.0139. The average molecular weight is 240 g/mol. The van der Waals surface area contributed by atoms with Crippen molar-refractivity contribution in [3.05, 3.63) is 22.8 Å². The van der Waals surface area contributed by atoms with Gasteiger partial charge in [-0.05, 0) is 36.8 Å². The van der Waals surface area contributed by atoms with Crippen LogP contribution in [-0.4, -0.2) is 22.9 Å². The van der Waals surface area contributed by atoms with Crippen LogP contribution in [0.4, 0.5) is 0 Å². The standard InChI is InChI=1S/C15H28O2/c1-7-9-13(15(4,5)6)14(11(3)17)12(8-2)10-16/h8,11,16-17H,7,9-10H2,1-6H3. The van der Waals surface area contributed by atoms with E-state index < -0.39 is 6.10 Å². The van der Waals surface area contributed by atoms with E-state index in [4.69, 9.17) is 0 Å². The maximum Gasteiger partial charge on any atom is 0.0765 e. The molecule has 0 amide bonds. The molecule has 0 bridgehead atoms. The van der Waals surface area contributed by atoms with E-state index in [2.05, 4.69) is 27.7 Å². The molecular formula is C15H28O2. The van der Waals surface area contributed by atoms with Gasteiger partial charge in [-0.3, -0.25) is 0 Å². The zero-order valence-corrected chi connectivity index (χ0v) is 12.2. The summed E-state index contributed by atoms with van der Waals surface area (Å²) in [5, 5.41) is 19.4. The van der Waals surface area contributed by atoms with E-state index in [0.717, 1.165) is 24.0 Å². The second-order valence-electron chi connectivity index (χ2n) is 5.54. The molecule has 0 aliphatic carbocycles. The molecule has 0 aromatic heterocycles. The van der Waals surface area contributed by atoms with E-state index >= 15 is 0 Å². The Kier molecular flexibility index (Phi) is 6.73. The van der Waals surface area contributed by atoms with Crippen LogP contribution in [-0.2, 0) is 0 Å². The summed E-state index contributed by atoms with van der Waals surface area (Å²) in [5.74, 6) is 0. The molecule has 0 aromatic carbocycles. The zero-order valence-electron chi connectivity index (χ0n) is 12.2. The van der Waals surface area contributed by atoms with Gasteiger partial charge in [0.2, 0.25) is 0 Å². The molecule has 2 N–H and O–H groups in total. The molecule has 0 aromatic rings. The molecule has 0 saturated carbocycles. The lowest BCUT2D eigenvalue weighted by Crippen LogP contribution is -2.20. The van der Waals surface area contributed by atoms with Gasteiger partial charge in [-0.25, -0.2) is 0 Å². The van der Waals surface area contributed by atoms with Gasteiger partial charge in [0.05, 0.1) is 12.7 Å². The van der Waals surface area contributed by atoms with Crippen molar-refractivity contribution in [1.29, 1.82) is 0 Å². The Hall–Kier alpha value is -0.600. The highest BCUT2D eigenvalue weighted by Gasteiger charge is 2.24. The van der Waals surface area contributed by atoms with Gasteiger partial charge in [-0.2, -0.15) is 0 Å². The van der Waals surface area contributed by atoms with Gasteiger partial charge in [0.25, 0.3) is 0 Å². The fourth-order valence-electron chi connectivity index (χ4n) is 2.21. The average Bonchev–Trinajstić information content (AvgIpc) is 2.21. The highest BCUT2D eigenvalue weighted by molar-refractivity contribution is 5.40. The van der Waals surface area contributed by atoms with Crippen LogP contribution in [0.3, 0.4) is 0 Å². The summed E-state index contributed by atoms with van der Waals surface area (Å²) in [5.41, 5.74) is 3.03. The van der Waals surface area contributed by atoms with Crippen LogP contribution in [0.2, 0.25) is 0 Å². The van der Waals surface area contributed by atoms with Gasteiger partial charge >= 0.3 is 0 Å². The number of allylic oxidation sites excluding steroid dienone is 2. The van der Waals surface area contributed by atoms with Crippen LogP contribution in [0, 0.1) is 5.41 Å². The molecule has 2 nitrogen and oxygen atoms in total. The highest BCUT2D eigenvalue weighted by Crippen LogP contribution is 2.35. The Labute approximate surface area is 106 Å². The molecule has 0 rings (SSSR count). The molecule has 0 aliphatic heterocycles. The van der Waals surface area contributed by atoms with E-state index in [9.17, 15) is 10.2 Å². The molecule has 0 saturated heterocycles. The molecule has 1 atom stereocenters. The van der Waals surface area contributed by atoms with Crippen LogP contribution in [0.5, 0.6) is 0 Å². The lowest BCUT2D eigenvalue weighted by Gasteiger charge is -2.29. The van der Waals surface area contributed by atoms with E-state index in [-0.39, 0.29) is 12.0 Å². The molecule has 0 aliphatic rings. The lowest BCUT2D eigenvalue weighted by atomic mass is 9.77. The summed E-state index contributed by atoms with van der Waals surface area (Å²) in [6.07, 6.45) is 3.37. The molecular weight excluding hydrogens is 212 g/mol. The Bertz CT molecular complexity index is 291. The topological polar surface area (TPSA) is 40.5 Å². The van der Waals surface area contributed by atoms with E-state index in [1.54, 1.807) is 6.92 Å². The monoisotopic (exact) mass is 240 g/mol. The van der Waals surface area contributed by atoms with E-state index in [1.807, 2.05) is 13.0 Å². The van der Waals surface area contributed by atoms with Gasteiger partial charge < -0.3 is 10.2 Å². The predicted octanol–water partition coefficient (Wildman–Crippen LogP) is 3.45. The van der Waals surface area contributed by atoms with Crippen molar-refractivity contribution in [3.8, 4) is 0 Å². The number of rotatable bonds is 5. The van der Waals surface area contributed by atoms with Crippen LogP contribution < -0.4 is 0 Å². The molecule has 0 radical (unpaired) electrons. The fraction of sp³-hybridized carbons (Fsp3) is 0.733.